The fourth-order valence-electron chi connectivity index (χ4n) is 2.87. The molecule has 0 saturated carbocycles. The highest BCUT2D eigenvalue weighted by Gasteiger charge is 2.49. The summed E-state index contributed by atoms with van der Waals surface area (Å²) in [6.45, 7) is 7.24. The van der Waals surface area contributed by atoms with E-state index in [9.17, 15) is 26.4 Å². The van der Waals surface area contributed by atoms with Crippen LogP contribution in [-0.2, 0) is 24.4 Å². The summed E-state index contributed by atoms with van der Waals surface area (Å²) in [5, 5.41) is -0.463. The van der Waals surface area contributed by atoms with Crippen LogP contribution in [0.25, 0.3) is 10.8 Å². The Labute approximate surface area is 177 Å². The predicted molar refractivity (Wildman–Crippen MR) is 104 cm³/mol. The molecule has 0 radical (unpaired) electrons. The summed E-state index contributed by atoms with van der Waals surface area (Å²) in [6.07, 6.45) is -1.75. The van der Waals surface area contributed by atoms with Crippen molar-refractivity contribution < 1.29 is 44.4 Å². The smallest absolute Gasteiger partial charge is 0.464 e. The molecule has 0 saturated heterocycles. The van der Waals surface area contributed by atoms with Gasteiger partial charge in [0.2, 0.25) is 0 Å². The van der Waals surface area contributed by atoms with Crippen molar-refractivity contribution in [3.05, 3.63) is 41.2 Å². The molecule has 11 heteroatoms. The Bertz CT molecular complexity index is 1090. The molecule has 0 unspecified atom stereocenters. The number of hydrogen-bond acceptors (Lipinski definition) is 6. The van der Waals surface area contributed by atoms with Crippen LogP contribution in [0.4, 0.5) is 17.6 Å². The van der Waals surface area contributed by atoms with Gasteiger partial charge in [0.05, 0.1) is 12.2 Å². The van der Waals surface area contributed by atoms with Crippen molar-refractivity contribution in [3.8, 4) is 5.75 Å². The molecule has 0 amide bonds. The third-order valence-electron chi connectivity index (χ3n) is 4.10. The number of ether oxygens (including phenoxy) is 2. The van der Waals surface area contributed by atoms with Crippen molar-refractivity contribution in [1.29, 1.82) is 0 Å². The van der Waals surface area contributed by atoms with Crippen LogP contribution >= 0.6 is 0 Å². The van der Waals surface area contributed by atoms with Crippen molar-refractivity contribution in [2.45, 2.75) is 51.8 Å². The van der Waals surface area contributed by atoms with Crippen LogP contribution in [0.1, 0.15) is 44.9 Å². The van der Waals surface area contributed by atoms with Gasteiger partial charge >= 0.3 is 21.6 Å². The molecule has 0 N–H and O–H groups in total. The number of fused-ring (bicyclic) bond motifs is 1. The number of carbonyl (C=O) groups excluding carboxylic acids is 1. The summed E-state index contributed by atoms with van der Waals surface area (Å²) >= 11 is 0. The second-order valence-electron chi connectivity index (χ2n) is 7.57. The maximum atomic E-state index is 15.1. The first-order valence-corrected chi connectivity index (χ1v) is 10.6. The summed E-state index contributed by atoms with van der Waals surface area (Å²) < 4.78 is 93.0. The first kappa shape index (κ1) is 24.9. The van der Waals surface area contributed by atoms with Gasteiger partial charge in [-0.15, -0.1) is 0 Å². The van der Waals surface area contributed by atoms with E-state index in [1.807, 2.05) is 0 Å². The summed E-state index contributed by atoms with van der Waals surface area (Å²) in [7, 11) is -6.14. The average Bonchev–Trinajstić information content (AvgIpc) is 2.63. The second kappa shape index (κ2) is 8.62. The predicted octanol–water partition coefficient (Wildman–Crippen LogP) is 4.94. The highest BCUT2D eigenvalue weighted by Crippen LogP contribution is 2.43. The molecule has 2 aromatic rings. The Morgan fingerprint density at radius 1 is 1.10 bits per heavy atom. The third-order valence-corrected chi connectivity index (χ3v) is 5.05. The molecular formula is C20H22F4O6S. The lowest BCUT2D eigenvalue weighted by Gasteiger charge is -2.29. The topological polar surface area (TPSA) is 78.9 Å². The van der Waals surface area contributed by atoms with Gasteiger partial charge in [0.15, 0.2) is 11.9 Å². The van der Waals surface area contributed by atoms with E-state index >= 15 is 4.39 Å². The minimum absolute atomic E-state index is 0.102. The van der Waals surface area contributed by atoms with Gasteiger partial charge < -0.3 is 13.7 Å². The van der Waals surface area contributed by atoms with Crippen LogP contribution in [0.3, 0.4) is 0 Å². The fraction of sp³-hybridized carbons (Fsp3) is 0.450. The zero-order chi connectivity index (χ0) is 23.8. The molecule has 0 aliphatic carbocycles. The highest BCUT2D eigenvalue weighted by atomic mass is 32.2. The second-order valence-corrected chi connectivity index (χ2v) is 9.11. The molecule has 172 valence electrons. The lowest BCUT2D eigenvalue weighted by molar-refractivity contribution is -0.167. The summed E-state index contributed by atoms with van der Waals surface area (Å²) in [5.41, 5.74) is -7.60. The van der Waals surface area contributed by atoms with E-state index in [2.05, 4.69) is 4.18 Å². The van der Waals surface area contributed by atoms with Crippen molar-refractivity contribution in [1.82, 2.24) is 0 Å². The van der Waals surface area contributed by atoms with E-state index in [0.717, 1.165) is 0 Å². The van der Waals surface area contributed by atoms with Crippen molar-refractivity contribution in [2.75, 3.05) is 6.61 Å². The quantitative estimate of drug-likeness (QED) is 0.260. The number of benzene rings is 2. The summed E-state index contributed by atoms with van der Waals surface area (Å²) in [4.78, 5) is 12.6. The van der Waals surface area contributed by atoms with Gasteiger partial charge in [0.1, 0.15) is 5.82 Å². The van der Waals surface area contributed by atoms with Crippen LogP contribution in [0.2, 0.25) is 0 Å². The van der Waals surface area contributed by atoms with Crippen LogP contribution in [0, 0.1) is 12.7 Å². The number of alkyl halides is 3. The van der Waals surface area contributed by atoms with E-state index in [0.29, 0.717) is 0 Å². The first-order valence-electron chi connectivity index (χ1n) is 9.16. The van der Waals surface area contributed by atoms with E-state index < -0.39 is 50.4 Å². The SMILES string of the molecule is CCOC(=O)[C@@H](OC(C)(C)C)c1c(C)c(F)c2ccccc2c1OS(=O)(=O)C(F)(F)F. The Balaban J connectivity index is 2.94. The molecule has 0 fully saturated rings. The maximum Gasteiger partial charge on any atom is 0.534 e. The molecule has 0 spiro atoms. The van der Waals surface area contributed by atoms with E-state index in [4.69, 9.17) is 9.47 Å². The molecular weight excluding hydrogens is 444 g/mol. The highest BCUT2D eigenvalue weighted by molar-refractivity contribution is 7.88. The number of esters is 1. The maximum absolute atomic E-state index is 15.1. The van der Waals surface area contributed by atoms with Gasteiger partial charge in [-0.2, -0.15) is 21.6 Å². The zero-order valence-corrected chi connectivity index (χ0v) is 18.3. The Morgan fingerprint density at radius 2 is 1.65 bits per heavy atom. The molecule has 0 aliphatic rings. The molecule has 31 heavy (non-hydrogen) atoms. The number of carbonyl (C=O) groups is 1. The van der Waals surface area contributed by atoms with Gasteiger partial charge in [-0.05, 0) is 40.2 Å². The normalized spacial score (nSPS) is 13.8. The standard InChI is InChI=1S/C20H22F4O6S/c1-6-28-18(25)17(29-19(3,4)5)14-11(2)15(21)12-9-7-8-10-13(12)16(14)30-31(26,27)20(22,23)24/h7-10,17H,6H2,1-5H3/t17-/m0/s1. The first-order chi connectivity index (χ1) is 14.1. The number of halogens is 4. The van der Waals surface area contributed by atoms with Gasteiger partial charge in [-0.1, -0.05) is 24.3 Å². The fourth-order valence-corrected chi connectivity index (χ4v) is 3.36. The number of hydrogen-bond donors (Lipinski definition) is 0. The monoisotopic (exact) mass is 466 g/mol. The third kappa shape index (κ3) is 5.27. The number of rotatable bonds is 6. The Kier molecular flexibility index (Phi) is 6.91. The van der Waals surface area contributed by atoms with E-state index in [-0.39, 0.29) is 22.9 Å². The van der Waals surface area contributed by atoms with Gasteiger partial charge in [-0.25, -0.2) is 9.18 Å². The van der Waals surface area contributed by atoms with E-state index in [1.165, 1.54) is 38.1 Å². The molecule has 2 rings (SSSR count). The van der Waals surface area contributed by atoms with E-state index in [1.54, 1.807) is 20.8 Å². The average molecular weight is 466 g/mol. The van der Waals surface area contributed by atoms with Gasteiger partial charge in [0, 0.05) is 16.3 Å². The summed E-state index contributed by atoms with van der Waals surface area (Å²) in [5.74, 6) is -2.76. The lowest BCUT2D eigenvalue weighted by atomic mass is 9.95. The van der Waals surface area contributed by atoms with Crippen LogP contribution in [-0.4, -0.2) is 32.1 Å². The molecule has 6 nitrogen and oxygen atoms in total. The zero-order valence-electron chi connectivity index (χ0n) is 17.5. The van der Waals surface area contributed by atoms with Crippen LogP contribution < -0.4 is 4.18 Å². The van der Waals surface area contributed by atoms with Crippen LogP contribution in [0.15, 0.2) is 24.3 Å². The molecule has 0 heterocycles. The van der Waals surface area contributed by atoms with Gasteiger partial charge in [-0.3, -0.25) is 0 Å². The minimum atomic E-state index is -6.14. The molecule has 0 aliphatic heterocycles. The van der Waals surface area contributed by atoms with Crippen molar-refractivity contribution in [2.24, 2.45) is 0 Å². The molecule has 1 atom stereocenters. The molecule has 0 aromatic heterocycles. The molecule has 0 bridgehead atoms. The van der Waals surface area contributed by atoms with Crippen molar-refractivity contribution in [3.63, 3.8) is 0 Å². The van der Waals surface area contributed by atoms with Crippen LogP contribution in [0.5, 0.6) is 5.75 Å². The Hall–Kier alpha value is -2.40. The summed E-state index contributed by atoms with van der Waals surface area (Å²) in [6, 6.07) is 5.21. The minimum Gasteiger partial charge on any atom is -0.464 e. The lowest BCUT2D eigenvalue weighted by Crippen LogP contribution is -2.32. The molecule has 2 aromatic carbocycles. The Morgan fingerprint density at radius 3 is 2.13 bits per heavy atom. The van der Waals surface area contributed by atoms with Gasteiger partial charge in [0.25, 0.3) is 0 Å². The largest absolute Gasteiger partial charge is 0.534 e. The van der Waals surface area contributed by atoms with Crippen molar-refractivity contribution >= 4 is 26.9 Å².